The van der Waals surface area contributed by atoms with Crippen LogP contribution in [0.5, 0.6) is 0 Å². The fourth-order valence-corrected chi connectivity index (χ4v) is 0.914. The van der Waals surface area contributed by atoms with Crippen molar-refractivity contribution in [3.8, 4) is 0 Å². The second-order valence-electron chi connectivity index (χ2n) is 1.78. The van der Waals surface area contributed by atoms with E-state index in [0.717, 1.165) is 0 Å². The number of likely N-dealkylation sites (tertiary alicyclic amines) is 1. The first kappa shape index (κ1) is 5.69. The summed E-state index contributed by atoms with van der Waals surface area (Å²) in [7, 11) is 0. The minimum absolute atomic E-state index is 0.0473. The van der Waals surface area contributed by atoms with Crippen molar-refractivity contribution in [3.63, 3.8) is 0 Å². The maximum atomic E-state index is 9.99. The van der Waals surface area contributed by atoms with E-state index >= 15 is 0 Å². The molecule has 0 aliphatic carbocycles. The van der Waals surface area contributed by atoms with Crippen molar-refractivity contribution in [2.45, 2.75) is 5.38 Å². The highest BCUT2D eigenvalue weighted by molar-refractivity contribution is 6.21. The van der Waals surface area contributed by atoms with Crippen molar-refractivity contribution in [1.29, 1.82) is 0 Å². The lowest BCUT2D eigenvalue weighted by molar-refractivity contribution is 0.120. The maximum Gasteiger partial charge on any atom is 0.407 e. The highest BCUT2D eigenvalue weighted by Crippen LogP contribution is 2.12. The zero-order valence-corrected chi connectivity index (χ0v) is 4.93. The van der Waals surface area contributed by atoms with Crippen molar-refractivity contribution < 1.29 is 9.90 Å². The molecule has 1 rings (SSSR count). The Morgan fingerprint density at radius 1 is 1.75 bits per heavy atom. The molecule has 1 heterocycles. The Bertz CT molecular complexity index is 111. The van der Waals surface area contributed by atoms with Crippen LogP contribution >= 0.6 is 11.6 Å². The van der Waals surface area contributed by atoms with Crippen LogP contribution in [0.25, 0.3) is 0 Å². The molecule has 0 bridgehead atoms. The van der Waals surface area contributed by atoms with E-state index in [2.05, 4.69) is 0 Å². The van der Waals surface area contributed by atoms with Crippen molar-refractivity contribution in [2.75, 3.05) is 13.1 Å². The van der Waals surface area contributed by atoms with Gasteiger partial charge in [-0.25, -0.2) is 4.79 Å². The van der Waals surface area contributed by atoms with Crippen molar-refractivity contribution >= 4 is 17.7 Å². The number of hydrogen-bond acceptors (Lipinski definition) is 1. The topological polar surface area (TPSA) is 40.5 Å². The van der Waals surface area contributed by atoms with Crippen LogP contribution in [0.15, 0.2) is 0 Å². The third-order valence-corrected chi connectivity index (χ3v) is 1.38. The van der Waals surface area contributed by atoms with E-state index in [4.69, 9.17) is 16.7 Å². The molecule has 4 heteroatoms. The molecule has 8 heavy (non-hydrogen) atoms. The van der Waals surface area contributed by atoms with Crippen molar-refractivity contribution in [2.24, 2.45) is 0 Å². The summed E-state index contributed by atoms with van der Waals surface area (Å²) in [4.78, 5) is 11.3. The first-order valence-corrected chi connectivity index (χ1v) is 2.75. The molecule has 0 radical (unpaired) electrons. The molecule has 1 aliphatic heterocycles. The normalized spacial score (nSPS) is 20.4. The molecule has 1 N–H and O–H groups in total. The molecule has 46 valence electrons. The Balaban J connectivity index is 2.25. The highest BCUT2D eigenvalue weighted by Gasteiger charge is 2.27. The van der Waals surface area contributed by atoms with E-state index in [9.17, 15) is 4.79 Å². The van der Waals surface area contributed by atoms with Crippen molar-refractivity contribution in [3.05, 3.63) is 0 Å². The number of halogens is 1. The lowest BCUT2D eigenvalue weighted by Gasteiger charge is -2.32. The van der Waals surface area contributed by atoms with Crippen LogP contribution in [-0.2, 0) is 0 Å². The summed E-state index contributed by atoms with van der Waals surface area (Å²) in [6.45, 7) is 0.966. The first-order valence-electron chi connectivity index (χ1n) is 2.32. The zero-order valence-electron chi connectivity index (χ0n) is 4.17. The molecule has 0 aromatic carbocycles. The molecular weight excluding hydrogens is 130 g/mol. The monoisotopic (exact) mass is 135 g/mol. The Morgan fingerprint density at radius 3 is 2.38 bits per heavy atom. The number of rotatable bonds is 0. The molecule has 0 spiro atoms. The van der Waals surface area contributed by atoms with E-state index in [1.54, 1.807) is 0 Å². The number of nitrogens with zero attached hydrogens (tertiary/aromatic N) is 1. The number of carbonyl (C=O) groups is 1. The molecule has 0 atom stereocenters. The van der Waals surface area contributed by atoms with Gasteiger partial charge >= 0.3 is 6.09 Å². The van der Waals surface area contributed by atoms with Crippen LogP contribution in [-0.4, -0.2) is 34.6 Å². The summed E-state index contributed by atoms with van der Waals surface area (Å²) < 4.78 is 0. The summed E-state index contributed by atoms with van der Waals surface area (Å²) in [5, 5.41) is 8.27. The van der Waals surface area contributed by atoms with Crippen LogP contribution in [0.4, 0.5) is 4.79 Å². The van der Waals surface area contributed by atoms with E-state index in [-0.39, 0.29) is 5.38 Å². The summed E-state index contributed by atoms with van der Waals surface area (Å²) >= 11 is 5.48. The van der Waals surface area contributed by atoms with Gasteiger partial charge in [0.15, 0.2) is 0 Å². The summed E-state index contributed by atoms with van der Waals surface area (Å²) in [6.07, 6.45) is -0.873. The van der Waals surface area contributed by atoms with Crippen LogP contribution < -0.4 is 0 Å². The van der Waals surface area contributed by atoms with Crippen LogP contribution in [0, 0.1) is 0 Å². The van der Waals surface area contributed by atoms with E-state index in [1.165, 1.54) is 4.90 Å². The SMILES string of the molecule is O=C(O)N1CC(Cl)C1. The number of hydrogen-bond donors (Lipinski definition) is 1. The largest absolute Gasteiger partial charge is 0.465 e. The Morgan fingerprint density at radius 2 is 2.25 bits per heavy atom. The van der Waals surface area contributed by atoms with Gasteiger partial charge in [-0.1, -0.05) is 0 Å². The molecule has 0 aromatic heterocycles. The number of amides is 1. The Hall–Kier alpha value is -0.440. The molecule has 1 saturated heterocycles. The summed E-state index contributed by atoms with van der Waals surface area (Å²) in [6, 6.07) is 0. The van der Waals surface area contributed by atoms with Gasteiger partial charge in [0, 0.05) is 13.1 Å². The van der Waals surface area contributed by atoms with Crippen LogP contribution in [0.2, 0.25) is 0 Å². The highest BCUT2D eigenvalue weighted by atomic mass is 35.5. The van der Waals surface area contributed by atoms with Gasteiger partial charge in [0.25, 0.3) is 0 Å². The second-order valence-corrected chi connectivity index (χ2v) is 2.40. The Kier molecular flexibility index (Phi) is 1.29. The van der Waals surface area contributed by atoms with E-state index in [0.29, 0.717) is 13.1 Å². The standard InChI is InChI=1S/C4H6ClNO2/c5-3-1-6(2-3)4(7)8/h3H,1-2H2,(H,7,8). The van der Waals surface area contributed by atoms with Gasteiger partial charge in [-0.05, 0) is 0 Å². The quantitative estimate of drug-likeness (QED) is 0.494. The Labute approximate surface area is 51.8 Å². The lowest BCUT2D eigenvalue weighted by atomic mass is 10.2. The molecule has 0 aromatic rings. The van der Waals surface area contributed by atoms with Gasteiger partial charge in [-0.2, -0.15) is 0 Å². The molecule has 0 unspecified atom stereocenters. The average molecular weight is 136 g/mol. The molecular formula is C4H6ClNO2. The number of carboxylic acid groups (broad SMARTS) is 1. The molecule has 1 aliphatic rings. The smallest absolute Gasteiger partial charge is 0.407 e. The third kappa shape index (κ3) is 0.865. The fourth-order valence-electron chi connectivity index (χ4n) is 0.581. The molecule has 3 nitrogen and oxygen atoms in total. The van der Waals surface area contributed by atoms with Gasteiger partial charge < -0.3 is 10.0 Å². The molecule has 1 amide bonds. The lowest BCUT2D eigenvalue weighted by Crippen LogP contribution is -2.50. The summed E-state index contributed by atoms with van der Waals surface area (Å²) in [5.41, 5.74) is 0. The second kappa shape index (κ2) is 1.82. The van der Waals surface area contributed by atoms with Gasteiger partial charge in [0.1, 0.15) is 0 Å². The predicted octanol–water partition coefficient (Wildman–Crippen LogP) is 0.587. The first-order chi connectivity index (χ1) is 3.70. The number of alkyl halides is 1. The average Bonchev–Trinajstić information content (AvgIpc) is 1.57. The van der Waals surface area contributed by atoms with Crippen LogP contribution in [0.3, 0.4) is 0 Å². The zero-order chi connectivity index (χ0) is 6.15. The van der Waals surface area contributed by atoms with Crippen molar-refractivity contribution in [1.82, 2.24) is 4.90 Å². The van der Waals surface area contributed by atoms with Gasteiger partial charge in [0.2, 0.25) is 0 Å². The molecule has 1 fully saturated rings. The third-order valence-electron chi connectivity index (χ3n) is 1.11. The predicted molar refractivity (Wildman–Crippen MR) is 29.2 cm³/mol. The van der Waals surface area contributed by atoms with E-state index in [1.807, 2.05) is 0 Å². The minimum atomic E-state index is -0.873. The van der Waals surface area contributed by atoms with Gasteiger partial charge in [-0.15, -0.1) is 11.6 Å². The maximum absolute atomic E-state index is 9.99. The van der Waals surface area contributed by atoms with E-state index < -0.39 is 6.09 Å². The van der Waals surface area contributed by atoms with Gasteiger partial charge in [0.05, 0.1) is 5.38 Å². The minimum Gasteiger partial charge on any atom is -0.465 e. The summed E-state index contributed by atoms with van der Waals surface area (Å²) in [5.74, 6) is 0. The fraction of sp³-hybridized carbons (Fsp3) is 0.750. The van der Waals surface area contributed by atoms with Crippen LogP contribution in [0.1, 0.15) is 0 Å². The van der Waals surface area contributed by atoms with Gasteiger partial charge in [-0.3, -0.25) is 0 Å². The molecule has 0 saturated carbocycles.